The predicted octanol–water partition coefficient (Wildman–Crippen LogP) is 2.12. The second-order valence-electron chi connectivity index (χ2n) is 5.51. The molecule has 0 amide bonds. The number of hydrogen-bond acceptors (Lipinski definition) is 3. The lowest BCUT2D eigenvalue weighted by atomic mass is 10.1. The molecule has 0 spiro atoms. The Morgan fingerprint density at radius 3 is 3.00 bits per heavy atom. The lowest BCUT2D eigenvalue weighted by Crippen LogP contribution is -2.50. The van der Waals surface area contributed by atoms with Crippen LogP contribution in [0.1, 0.15) is 25.3 Å². The summed E-state index contributed by atoms with van der Waals surface area (Å²) in [5, 5.41) is 0. The lowest BCUT2D eigenvalue weighted by Gasteiger charge is -2.39. The predicted molar refractivity (Wildman–Crippen MR) is 77.0 cm³/mol. The van der Waals surface area contributed by atoms with Gasteiger partial charge in [-0.05, 0) is 49.6 Å². The Balaban J connectivity index is 1.78. The topological polar surface area (TPSA) is 32.5 Å². The number of nitrogen functional groups attached to an aromatic ring is 1. The minimum Gasteiger partial charge on any atom is -0.399 e. The van der Waals surface area contributed by atoms with Crippen molar-refractivity contribution in [3.63, 3.8) is 0 Å². The van der Waals surface area contributed by atoms with Crippen LogP contribution in [0.25, 0.3) is 0 Å². The van der Waals surface area contributed by atoms with Crippen LogP contribution in [-0.2, 0) is 6.42 Å². The minimum atomic E-state index is 0.779. The van der Waals surface area contributed by atoms with E-state index in [0.717, 1.165) is 24.7 Å². The van der Waals surface area contributed by atoms with E-state index in [1.165, 1.54) is 43.7 Å². The summed E-state index contributed by atoms with van der Waals surface area (Å²) in [4.78, 5) is 5.18. The fourth-order valence-electron chi connectivity index (χ4n) is 3.32. The third-order valence-electron chi connectivity index (χ3n) is 4.46. The van der Waals surface area contributed by atoms with E-state index in [-0.39, 0.29) is 0 Å². The zero-order valence-electron chi connectivity index (χ0n) is 11.2. The number of benzene rings is 1. The smallest absolute Gasteiger partial charge is 0.0371 e. The molecule has 18 heavy (non-hydrogen) atoms. The Labute approximate surface area is 110 Å². The Hall–Kier alpha value is -1.22. The Morgan fingerprint density at radius 1 is 1.28 bits per heavy atom. The maximum absolute atomic E-state index is 5.99. The molecule has 0 aromatic heterocycles. The van der Waals surface area contributed by atoms with Crippen LogP contribution in [0.4, 0.5) is 11.4 Å². The number of piperazine rings is 1. The van der Waals surface area contributed by atoms with Crippen molar-refractivity contribution in [2.75, 3.05) is 36.8 Å². The highest BCUT2D eigenvalue weighted by atomic mass is 15.3. The van der Waals surface area contributed by atoms with Crippen molar-refractivity contribution >= 4 is 11.4 Å². The SMILES string of the molecule is CCc1cc(N2CCN3CCC[C@@H]3C2)ccc1N. The molecule has 2 aliphatic heterocycles. The number of nitrogens with zero attached hydrogens (tertiary/aromatic N) is 2. The van der Waals surface area contributed by atoms with E-state index >= 15 is 0 Å². The zero-order chi connectivity index (χ0) is 12.5. The number of nitrogens with two attached hydrogens (primary N) is 1. The summed E-state index contributed by atoms with van der Waals surface area (Å²) in [6.45, 7) is 7.04. The number of fused-ring (bicyclic) bond motifs is 1. The molecule has 3 rings (SSSR count). The molecule has 2 aliphatic rings. The monoisotopic (exact) mass is 245 g/mol. The van der Waals surface area contributed by atoms with Crippen LogP contribution in [0.2, 0.25) is 0 Å². The molecule has 0 saturated carbocycles. The largest absolute Gasteiger partial charge is 0.399 e. The van der Waals surface area contributed by atoms with Crippen molar-refractivity contribution in [2.24, 2.45) is 0 Å². The first-order valence-corrected chi connectivity index (χ1v) is 7.15. The molecular formula is C15H23N3. The fourth-order valence-corrected chi connectivity index (χ4v) is 3.32. The summed E-state index contributed by atoms with van der Waals surface area (Å²) in [5.74, 6) is 0. The Morgan fingerprint density at radius 2 is 2.17 bits per heavy atom. The van der Waals surface area contributed by atoms with Crippen LogP contribution in [0.15, 0.2) is 18.2 Å². The van der Waals surface area contributed by atoms with Crippen molar-refractivity contribution in [1.82, 2.24) is 4.90 Å². The lowest BCUT2D eigenvalue weighted by molar-refractivity contribution is 0.231. The molecule has 3 heteroatoms. The van der Waals surface area contributed by atoms with Gasteiger partial charge in [0, 0.05) is 37.1 Å². The molecule has 2 N–H and O–H groups in total. The van der Waals surface area contributed by atoms with Crippen molar-refractivity contribution < 1.29 is 0 Å². The standard InChI is InChI=1S/C15H23N3/c1-2-12-10-13(5-6-15(12)16)18-9-8-17-7-3-4-14(17)11-18/h5-6,10,14H,2-4,7-9,11,16H2,1H3/t14-/m1/s1. The zero-order valence-corrected chi connectivity index (χ0v) is 11.2. The first kappa shape index (κ1) is 11.8. The average Bonchev–Trinajstić information content (AvgIpc) is 2.86. The molecule has 2 heterocycles. The number of anilines is 2. The normalized spacial score (nSPS) is 24.3. The highest BCUT2D eigenvalue weighted by Crippen LogP contribution is 2.27. The average molecular weight is 245 g/mol. The maximum atomic E-state index is 5.99. The van der Waals surface area contributed by atoms with E-state index in [2.05, 4.69) is 34.9 Å². The minimum absolute atomic E-state index is 0.779. The second-order valence-corrected chi connectivity index (χ2v) is 5.51. The van der Waals surface area contributed by atoms with Gasteiger partial charge in [0.05, 0.1) is 0 Å². The van der Waals surface area contributed by atoms with Gasteiger partial charge in [0.15, 0.2) is 0 Å². The van der Waals surface area contributed by atoms with Crippen LogP contribution in [0.5, 0.6) is 0 Å². The summed E-state index contributed by atoms with van der Waals surface area (Å²) in [6.07, 6.45) is 3.76. The Bertz CT molecular complexity index is 430. The van der Waals surface area contributed by atoms with Gasteiger partial charge in [0.2, 0.25) is 0 Å². The van der Waals surface area contributed by atoms with Crippen LogP contribution in [-0.4, -0.2) is 37.1 Å². The molecule has 0 unspecified atom stereocenters. The highest BCUT2D eigenvalue weighted by molar-refractivity contribution is 5.58. The molecule has 1 aromatic rings. The molecule has 0 radical (unpaired) electrons. The van der Waals surface area contributed by atoms with Gasteiger partial charge in [-0.2, -0.15) is 0 Å². The summed E-state index contributed by atoms with van der Waals surface area (Å²) >= 11 is 0. The molecule has 0 aliphatic carbocycles. The first-order valence-electron chi connectivity index (χ1n) is 7.15. The maximum Gasteiger partial charge on any atom is 0.0371 e. The van der Waals surface area contributed by atoms with Gasteiger partial charge < -0.3 is 10.6 Å². The van der Waals surface area contributed by atoms with Crippen molar-refractivity contribution in [3.8, 4) is 0 Å². The van der Waals surface area contributed by atoms with Gasteiger partial charge in [0.25, 0.3) is 0 Å². The van der Waals surface area contributed by atoms with Crippen LogP contribution >= 0.6 is 0 Å². The second kappa shape index (κ2) is 4.81. The van der Waals surface area contributed by atoms with E-state index in [1.54, 1.807) is 0 Å². The molecule has 3 nitrogen and oxygen atoms in total. The van der Waals surface area contributed by atoms with Gasteiger partial charge >= 0.3 is 0 Å². The summed E-state index contributed by atoms with van der Waals surface area (Å²) < 4.78 is 0. The van der Waals surface area contributed by atoms with E-state index in [0.29, 0.717) is 0 Å². The molecule has 2 saturated heterocycles. The van der Waals surface area contributed by atoms with E-state index < -0.39 is 0 Å². The van der Waals surface area contributed by atoms with Gasteiger partial charge in [-0.1, -0.05) is 6.92 Å². The van der Waals surface area contributed by atoms with Crippen LogP contribution < -0.4 is 10.6 Å². The van der Waals surface area contributed by atoms with E-state index in [9.17, 15) is 0 Å². The summed E-state index contributed by atoms with van der Waals surface area (Å²) in [7, 11) is 0. The third-order valence-corrected chi connectivity index (χ3v) is 4.46. The molecule has 0 bridgehead atoms. The molecule has 2 fully saturated rings. The number of rotatable bonds is 2. The highest BCUT2D eigenvalue weighted by Gasteiger charge is 2.30. The van der Waals surface area contributed by atoms with Crippen LogP contribution in [0, 0.1) is 0 Å². The number of aryl methyl sites for hydroxylation is 1. The molecule has 1 atom stereocenters. The number of hydrogen-bond donors (Lipinski definition) is 1. The van der Waals surface area contributed by atoms with Gasteiger partial charge in [-0.3, -0.25) is 4.90 Å². The van der Waals surface area contributed by atoms with Gasteiger partial charge in [-0.15, -0.1) is 0 Å². The Kier molecular flexibility index (Phi) is 3.16. The summed E-state index contributed by atoms with van der Waals surface area (Å²) in [6, 6.07) is 7.30. The third kappa shape index (κ3) is 2.07. The summed E-state index contributed by atoms with van der Waals surface area (Å²) in [5.41, 5.74) is 9.55. The van der Waals surface area contributed by atoms with Crippen molar-refractivity contribution in [2.45, 2.75) is 32.2 Å². The molecular weight excluding hydrogens is 222 g/mol. The van der Waals surface area contributed by atoms with Crippen molar-refractivity contribution in [3.05, 3.63) is 23.8 Å². The van der Waals surface area contributed by atoms with Gasteiger partial charge in [-0.25, -0.2) is 0 Å². The van der Waals surface area contributed by atoms with E-state index in [4.69, 9.17) is 5.73 Å². The van der Waals surface area contributed by atoms with Gasteiger partial charge in [0.1, 0.15) is 0 Å². The quantitative estimate of drug-likeness (QED) is 0.810. The molecule has 1 aromatic carbocycles. The first-order chi connectivity index (χ1) is 8.78. The van der Waals surface area contributed by atoms with Crippen molar-refractivity contribution in [1.29, 1.82) is 0 Å². The molecule has 98 valence electrons. The van der Waals surface area contributed by atoms with Crippen LogP contribution in [0.3, 0.4) is 0 Å². The fraction of sp³-hybridized carbons (Fsp3) is 0.600. The van der Waals surface area contributed by atoms with E-state index in [1.807, 2.05) is 0 Å².